The summed E-state index contributed by atoms with van der Waals surface area (Å²) < 4.78 is 33.7. The highest BCUT2D eigenvalue weighted by atomic mass is 35.5. The van der Waals surface area contributed by atoms with Gasteiger partial charge in [-0.2, -0.15) is 4.98 Å². The highest BCUT2D eigenvalue weighted by Crippen LogP contribution is 2.34. The van der Waals surface area contributed by atoms with Crippen molar-refractivity contribution in [2.24, 2.45) is 4.99 Å². The van der Waals surface area contributed by atoms with Crippen LogP contribution in [0, 0.1) is 0 Å². The van der Waals surface area contributed by atoms with Crippen LogP contribution in [0.4, 0.5) is 14.6 Å². The highest BCUT2D eigenvalue weighted by Gasteiger charge is 2.30. The summed E-state index contributed by atoms with van der Waals surface area (Å²) in [7, 11) is 1.98. The monoisotopic (exact) mass is 538 g/mol. The first-order valence-electron chi connectivity index (χ1n) is 13.0. The number of fused-ring (bicyclic) bond motifs is 1. The molecule has 3 rings (SSSR count). The fourth-order valence-electron chi connectivity index (χ4n) is 3.38. The molecule has 0 spiro atoms. The van der Waals surface area contributed by atoms with Crippen molar-refractivity contribution in [2.45, 2.75) is 85.2 Å². The standard InChI is InChI=1S/C19H21ClF2N4.C6H14O.C3H6O/c1-3-4-8-19(21,22)14-7-5-6-13(9-14)10-23-17-15-11-26(2)12-16(15)24-18(20)25-17;1-3-5-7-6-4-2;1-2-3-4/h5-7,9-10H,3-4,8,11-12H2,1-2H3;3-6H2,1-2H3;3H,2H2,1H3. The summed E-state index contributed by atoms with van der Waals surface area (Å²) in [6, 6.07) is 6.31. The van der Waals surface area contributed by atoms with E-state index in [1.54, 1.807) is 18.3 Å². The van der Waals surface area contributed by atoms with Crippen LogP contribution >= 0.6 is 11.6 Å². The number of aromatic nitrogens is 2. The van der Waals surface area contributed by atoms with Gasteiger partial charge in [-0.05, 0) is 49.5 Å². The smallest absolute Gasteiger partial charge is 0.273 e. The third-order valence-electron chi connectivity index (χ3n) is 5.24. The molecule has 0 radical (unpaired) electrons. The minimum absolute atomic E-state index is 0.0144. The summed E-state index contributed by atoms with van der Waals surface area (Å²) in [5.74, 6) is -2.34. The van der Waals surface area contributed by atoms with Gasteiger partial charge >= 0.3 is 0 Å². The number of hydrogen-bond donors (Lipinski definition) is 0. The van der Waals surface area contributed by atoms with Crippen LogP contribution in [0.5, 0.6) is 0 Å². The van der Waals surface area contributed by atoms with Crippen LogP contribution in [0.3, 0.4) is 0 Å². The average molecular weight is 539 g/mol. The Morgan fingerprint density at radius 3 is 2.38 bits per heavy atom. The van der Waals surface area contributed by atoms with E-state index >= 15 is 0 Å². The number of benzene rings is 1. The molecule has 0 bridgehead atoms. The number of carbonyl (C=O) groups excluding carboxylic acids is 1. The molecular weight excluding hydrogens is 498 g/mol. The van der Waals surface area contributed by atoms with Gasteiger partial charge in [-0.25, -0.2) is 18.8 Å². The van der Waals surface area contributed by atoms with E-state index in [-0.39, 0.29) is 17.3 Å². The van der Waals surface area contributed by atoms with E-state index in [1.165, 1.54) is 12.1 Å². The summed E-state index contributed by atoms with van der Waals surface area (Å²) in [5, 5.41) is 0.144. The molecule has 1 aliphatic heterocycles. The van der Waals surface area contributed by atoms with E-state index in [2.05, 4.69) is 33.7 Å². The number of rotatable bonds is 11. The van der Waals surface area contributed by atoms with Crippen LogP contribution in [0.1, 0.15) is 88.6 Å². The zero-order valence-electron chi connectivity index (χ0n) is 22.8. The number of ether oxygens (including phenoxy) is 1. The lowest BCUT2D eigenvalue weighted by Crippen LogP contribution is -2.13. The number of nitrogens with zero attached hydrogens (tertiary/aromatic N) is 4. The fraction of sp³-hybridized carbons (Fsp3) is 0.571. The van der Waals surface area contributed by atoms with Crippen molar-refractivity contribution in [3.63, 3.8) is 0 Å². The molecule has 2 heterocycles. The Bertz CT molecular complexity index is 969. The van der Waals surface area contributed by atoms with Gasteiger partial charge < -0.3 is 9.53 Å². The third kappa shape index (κ3) is 12.2. The van der Waals surface area contributed by atoms with Gasteiger partial charge in [-0.1, -0.05) is 52.3 Å². The predicted octanol–water partition coefficient (Wildman–Crippen LogP) is 7.53. The van der Waals surface area contributed by atoms with E-state index in [0.717, 1.165) is 50.0 Å². The number of hydrogen-bond acceptors (Lipinski definition) is 6. The number of unbranched alkanes of at least 4 members (excludes halogenated alkanes) is 1. The van der Waals surface area contributed by atoms with Crippen LogP contribution in [0.2, 0.25) is 5.28 Å². The molecule has 1 aliphatic rings. The van der Waals surface area contributed by atoms with Gasteiger partial charge in [-0.3, -0.25) is 4.90 Å². The van der Waals surface area contributed by atoms with E-state index in [9.17, 15) is 13.6 Å². The molecule has 0 atom stereocenters. The van der Waals surface area contributed by atoms with Gasteiger partial charge in [-0.15, -0.1) is 0 Å². The molecule has 1 aromatic carbocycles. The zero-order valence-corrected chi connectivity index (χ0v) is 23.5. The molecule has 6 nitrogen and oxygen atoms in total. The Balaban J connectivity index is 0.000000525. The number of aldehydes is 1. The van der Waals surface area contributed by atoms with Gasteiger partial charge in [0.15, 0.2) is 5.82 Å². The highest BCUT2D eigenvalue weighted by molar-refractivity contribution is 6.28. The first kappa shape index (κ1) is 32.7. The topological polar surface area (TPSA) is 67.7 Å². The van der Waals surface area contributed by atoms with Crippen molar-refractivity contribution >= 4 is 29.9 Å². The maximum atomic E-state index is 14.3. The molecule has 0 N–H and O–H groups in total. The Morgan fingerprint density at radius 1 is 1.11 bits per heavy atom. The second-order valence-corrected chi connectivity index (χ2v) is 9.13. The number of halogens is 3. The summed E-state index contributed by atoms with van der Waals surface area (Å²) in [4.78, 5) is 24.1. The molecule has 2 aromatic rings. The van der Waals surface area contributed by atoms with Crippen molar-refractivity contribution in [2.75, 3.05) is 20.3 Å². The van der Waals surface area contributed by atoms with E-state index in [0.29, 0.717) is 37.3 Å². The van der Waals surface area contributed by atoms with Gasteiger partial charge in [0.05, 0.1) is 5.69 Å². The van der Waals surface area contributed by atoms with Crippen LogP contribution in [0.15, 0.2) is 29.3 Å². The van der Waals surface area contributed by atoms with Gasteiger partial charge in [0, 0.05) is 56.5 Å². The summed E-state index contributed by atoms with van der Waals surface area (Å²) in [6.45, 7) is 11.2. The predicted molar refractivity (Wildman–Crippen MR) is 147 cm³/mol. The summed E-state index contributed by atoms with van der Waals surface area (Å²) in [5.41, 5.74) is 2.41. The molecule has 0 fully saturated rings. The lowest BCUT2D eigenvalue weighted by atomic mass is 10.0. The third-order valence-corrected chi connectivity index (χ3v) is 5.41. The molecule has 206 valence electrons. The second kappa shape index (κ2) is 18.0. The van der Waals surface area contributed by atoms with Crippen molar-refractivity contribution in [1.82, 2.24) is 14.9 Å². The second-order valence-electron chi connectivity index (χ2n) is 8.79. The van der Waals surface area contributed by atoms with E-state index in [1.807, 2.05) is 20.9 Å². The molecule has 0 saturated carbocycles. The lowest BCUT2D eigenvalue weighted by molar-refractivity contribution is -0.107. The SMILES string of the molecule is CCC=O.CCCCC(F)(F)c1cccc(C=Nc2nc(Cl)nc3c2CN(C)C3)c1.CCCOCCC. The van der Waals surface area contributed by atoms with Crippen LogP contribution < -0.4 is 0 Å². The van der Waals surface area contributed by atoms with Crippen molar-refractivity contribution in [1.29, 1.82) is 0 Å². The minimum Gasteiger partial charge on any atom is -0.381 e. The van der Waals surface area contributed by atoms with Crippen molar-refractivity contribution in [3.8, 4) is 0 Å². The van der Waals surface area contributed by atoms with Crippen molar-refractivity contribution < 1.29 is 18.3 Å². The maximum absolute atomic E-state index is 14.3. The van der Waals surface area contributed by atoms with Gasteiger partial charge in [0.25, 0.3) is 5.92 Å². The van der Waals surface area contributed by atoms with E-state index < -0.39 is 5.92 Å². The fourth-order valence-corrected chi connectivity index (χ4v) is 3.57. The van der Waals surface area contributed by atoms with Crippen LogP contribution in [-0.2, 0) is 28.5 Å². The van der Waals surface area contributed by atoms with Crippen LogP contribution in [0.25, 0.3) is 0 Å². The number of aliphatic imine (C=N–C) groups is 1. The van der Waals surface area contributed by atoms with Crippen molar-refractivity contribution in [3.05, 3.63) is 51.9 Å². The molecule has 1 aromatic heterocycles. The minimum atomic E-state index is -2.83. The lowest BCUT2D eigenvalue weighted by Gasteiger charge is -2.16. The number of carbonyl (C=O) groups is 1. The molecule has 0 unspecified atom stereocenters. The van der Waals surface area contributed by atoms with Gasteiger partial charge in [0.1, 0.15) is 6.29 Å². The molecule has 9 heteroatoms. The Morgan fingerprint density at radius 2 is 1.78 bits per heavy atom. The Labute approximate surface area is 225 Å². The first-order valence-corrected chi connectivity index (χ1v) is 13.4. The van der Waals surface area contributed by atoms with Gasteiger partial charge in [0.2, 0.25) is 5.28 Å². The largest absolute Gasteiger partial charge is 0.381 e. The number of alkyl halides is 2. The average Bonchev–Trinajstić information content (AvgIpc) is 3.27. The first-order chi connectivity index (χ1) is 17.7. The van der Waals surface area contributed by atoms with E-state index in [4.69, 9.17) is 16.3 Å². The Kier molecular flexibility index (Phi) is 16.0. The summed E-state index contributed by atoms with van der Waals surface area (Å²) in [6.07, 6.45) is 6.43. The molecule has 0 saturated heterocycles. The van der Waals surface area contributed by atoms with Crippen LogP contribution in [-0.4, -0.2) is 47.6 Å². The zero-order chi connectivity index (χ0) is 27.7. The summed E-state index contributed by atoms with van der Waals surface area (Å²) >= 11 is 5.98. The maximum Gasteiger partial charge on any atom is 0.273 e. The molecule has 0 amide bonds. The molecule has 37 heavy (non-hydrogen) atoms. The normalized spacial score (nSPS) is 13.0. The molecular formula is C28H41ClF2N4O2. The Hall–Kier alpha value is -2.29. The molecule has 0 aliphatic carbocycles. The quantitative estimate of drug-likeness (QED) is 0.128.